The van der Waals surface area contributed by atoms with Crippen molar-refractivity contribution in [2.75, 3.05) is 5.32 Å². The predicted octanol–water partition coefficient (Wildman–Crippen LogP) is 3.22. The van der Waals surface area contributed by atoms with Gasteiger partial charge in [-0.15, -0.1) is 0 Å². The molecule has 7 heteroatoms. The molecule has 5 nitrogen and oxygen atoms in total. The van der Waals surface area contributed by atoms with Gasteiger partial charge >= 0.3 is 0 Å². The lowest BCUT2D eigenvalue weighted by atomic mass is 10.2. The molecule has 2 N–H and O–H groups in total. The van der Waals surface area contributed by atoms with E-state index in [1.807, 2.05) is 13.8 Å². The summed E-state index contributed by atoms with van der Waals surface area (Å²) in [4.78, 5) is 12.3. The maximum Gasteiger partial charge on any atom is 0.276 e. The summed E-state index contributed by atoms with van der Waals surface area (Å²) in [6.45, 7) is 4.15. The molecular formula is C16H19F2N3O2. The fourth-order valence-corrected chi connectivity index (χ4v) is 2.18. The van der Waals surface area contributed by atoms with Crippen molar-refractivity contribution >= 4 is 11.6 Å². The molecule has 124 valence electrons. The van der Waals surface area contributed by atoms with E-state index >= 15 is 0 Å². The van der Waals surface area contributed by atoms with Crippen LogP contribution in [0.1, 0.15) is 41.9 Å². The van der Waals surface area contributed by atoms with Crippen LogP contribution in [0.3, 0.4) is 0 Å². The van der Waals surface area contributed by atoms with E-state index in [-0.39, 0.29) is 23.8 Å². The highest BCUT2D eigenvalue weighted by molar-refractivity contribution is 6.03. The Bertz CT molecular complexity index is 684. The van der Waals surface area contributed by atoms with Crippen molar-refractivity contribution in [3.05, 3.63) is 47.3 Å². The van der Waals surface area contributed by atoms with Crippen molar-refractivity contribution in [3.63, 3.8) is 0 Å². The fourth-order valence-electron chi connectivity index (χ4n) is 2.18. The largest absolute Gasteiger partial charge is 0.392 e. The molecule has 2 rings (SSSR count). The number of hydrogen-bond donors (Lipinski definition) is 2. The van der Waals surface area contributed by atoms with Crippen LogP contribution in [0.2, 0.25) is 0 Å². The van der Waals surface area contributed by atoms with Crippen molar-refractivity contribution in [1.82, 2.24) is 9.78 Å². The third kappa shape index (κ3) is 4.35. The maximum atomic E-state index is 13.1. The Hall–Kier alpha value is -2.28. The zero-order valence-electron chi connectivity index (χ0n) is 13.0. The number of aliphatic hydroxyl groups excluding tert-OH is 1. The molecule has 0 aliphatic rings. The molecule has 0 saturated carbocycles. The summed E-state index contributed by atoms with van der Waals surface area (Å²) in [5, 5.41) is 15.6. The minimum atomic E-state index is -2.78. The van der Waals surface area contributed by atoms with E-state index in [9.17, 15) is 13.6 Å². The molecule has 23 heavy (non-hydrogen) atoms. The van der Waals surface area contributed by atoms with E-state index in [2.05, 4.69) is 10.4 Å². The minimum absolute atomic E-state index is 0.172. The van der Waals surface area contributed by atoms with E-state index in [0.29, 0.717) is 17.8 Å². The lowest BCUT2D eigenvalue weighted by molar-refractivity contribution is 0.100. The summed E-state index contributed by atoms with van der Waals surface area (Å²) in [6, 6.07) is 6.54. The Morgan fingerprint density at radius 2 is 2.13 bits per heavy atom. The van der Waals surface area contributed by atoms with Crippen LogP contribution in [0.4, 0.5) is 14.5 Å². The zero-order chi connectivity index (χ0) is 17.0. The van der Waals surface area contributed by atoms with Gasteiger partial charge in [0.25, 0.3) is 12.3 Å². The van der Waals surface area contributed by atoms with Crippen molar-refractivity contribution in [2.45, 2.75) is 33.4 Å². The zero-order valence-corrected chi connectivity index (χ0v) is 13.0. The second kappa shape index (κ2) is 7.32. The molecular weight excluding hydrogens is 304 g/mol. The number of hydrogen-bond acceptors (Lipinski definition) is 3. The molecule has 2 aromatic rings. The smallest absolute Gasteiger partial charge is 0.276 e. The molecule has 0 radical (unpaired) electrons. The van der Waals surface area contributed by atoms with Crippen LogP contribution in [-0.2, 0) is 13.2 Å². The Morgan fingerprint density at radius 1 is 1.39 bits per heavy atom. The second-order valence-electron chi connectivity index (χ2n) is 5.66. The number of amides is 1. The predicted molar refractivity (Wildman–Crippen MR) is 82.3 cm³/mol. The number of aromatic nitrogens is 2. The SMILES string of the molecule is CC(C)Cn1cc(C(F)F)c(C(=O)Nc2cccc(CO)c2)n1. The Labute approximate surface area is 132 Å². The average molecular weight is 323 g/mol. The van der Waals surface area contributed by atoms with Crippen molar-refractivity contribution in [2.24, 2.45) is 5.92 Å². The number of carbonyl (C=O) groups excluding carboxylic acids is 1. The average Bonchev–Trinajstić information content (AvgIpc) is 2.91. The van der Waals surface area contributed by atoms with Gasteiger partial charge < -0.3 is 10.4 Å². The van der Waals surface area contributed by atoms with E-state index in [0.717, 1.165) is 0 Å². The number of carbonyl (C=O) groups is 1. The summed E-state index contributed by atoms with van der Waals surface area (Å²) < 4.78 is 27.6. The summed E-state index contributed by atoms with van der Waals surface area (Å²) in [7, 11) is 0. The van der Waals surface area contributed by atoms with Crippen LogP contribution >= 0.6 is 0 Å². The summed E-state index contributed by atoms with van der Waals surface area (Å²) >= 11 is 0. The summed E-state index contributed by atoms with van der Waals surface area (Å²) in [5.41, 5.74) is 0.360. The molecule has 1 amide bonds. The molecule has 0 bridgehead atoms. The molecule has 0 atom stereocenters. The van der Waals surface area contributed by atoms with E-state index < -0.39 is 12.3 Å². The number of rotatable bonds is 6. The Morgan fingerprint density at radius 3 is 2.74 bits per heavy atom. The molecule has 0 aliphatic carbocycles. The number of benzene rings is 1. The lowest BCUT2D eigenvalue weighted by Crippen LogP contribution is -2.15. The van der Waals surface area contributed by atoms with Crippen molar-refractivity contribution in [3.8, 4) is 0 Å². The summed E-state index contributed by atoms with van der Waals surface area (Å²) in [6.07, 6.45) is -1.57. The normalized spacial score (nSPS) is 11.3. The van der Waals surface area contributed by atoms with E-state index in [1.165, 1.54) is 10.9 Å². The van der Waals surface area contributed by atoms with E-state index in [4.69, 9.17) is 5.11 Å². The van der Waals surface area contributed by atoms with Gasteiger partial charge in [-0.1, -0.05) is 26.0 Å². The number of halogens is 2. The highest BCUT2D eigenvalue weighted by atomic mass is 19.3. The monoisotopic (exact) mass is 323 g/mol. The van der Waals surface area contributed by atoms with Gasteiger partial charge in [0.15, 0.2) is 5.69 Å². The van der Waals surface area contributed by atoms with Gasteiger partial charge in [-0.25, -0.2) is 8.78 Å². The Kier molecular flexibility index (Phi) is 5.44. The van der Waals surface area contributed by atoms with Crippen LogP contribution in [0.15, 0.2) is 30.5 Å². The number of alkyl halides is 2. The van der Waals surface area contributed by atoms with Gasteiger partial charge in [0.05, 0.1) is 12.2 Å². The van der Waals surface area contributed by atoms with E-state index in [1.54, 1.807) is 24.3 Å². The highest BCUT2D eigenvalue weighted by Crippen LogP contribution is 2.23. The topological polar surface area (TPSA) is 67.2 Å². The van der Waals surface area contributed by atoms with Gasteiger partial charge in [0, 0.05) is 18.4 Å². The first kappa shape index (κ1) is 17.1. The molecule has 0 saturated heterocycles. The van der Waals surface area contributed by atoms with Gasteiger partial charge in [-0.2, -0.15) is 5.10 Å². The highest BCUT2D eigenvalue weighted by Gasteiger charge is 2.23. The molecule has 1 heterocycles. The van der Waals surface area contributed by atoms with Crippen LogP contribution in [0, 0.1) is 5.92 Å². The molecule has 0 aliphatic heterocycles. The molecule has 0 fully saturated rings. The van der Waals surface area contributed by atoms with Crippen LogP contribution in [0.25, 0.3) is 0 Å². The van der Waals surface area contributed by atoms with Crippen LogP contribution < -0.4 is 5.32 Å². The molecule has 0 unspecified atom stereocenters. The summed E-state index contributed by atoms with van der Waals surface area (Å²) in [5.74, 6) is -0.476. The van der Waals surface area contributed by atoms with Gasteiger partial charge in [-0.3, -0.25) is 9.48 Å². The maximum absolute atomic E-state index is 13.1. The molecule has 0 spiro atoms. The van der Waals surface area contributed by atoms with Gasteiger partial charge in [0.1, 0.15) is 0 Å². The quantitative estimate of drug-likeness (QED) is 0.858. The van der Waals surface area contributed by atoms with Gasteiger partial charge in [-0.05, 0) is 23.6 Å². The third-order valence-corrected chi connectivity index (χ3v) is 3.16. The van der Waals surface area contributed by atoms with Crippen molar-refractivity contribution < 1.29 is 18.7 Å². The molecule has 1 aromatic carbocycles. The standard InChI is InChI=1S/C16H19F2N3O2/c1-10(2)7-21-8-13(15(17)18)14(20-21)16(23)19-12-5-3-4-11(6-12)9-22/h3-6,8,10,15,22H,7,9H2,1-2H3,(H,19,23). The first-order valence-corrected chi connectivity index (χ1v) is 7.27. The minimum Gasteiger partial charge on any atom is -0.392 e. The third-order valence-electron chi connectivity index (χ3n) is 3.16. The first-order valence-electron chi connectivity index (χ1n) is 7.27. The molecule has 1 aromatic heterocycles. The van der Waals surface area contributed by atoms with Gasteiger partial charge in [0.2, 0.25) is 0 Å². The fraction of sp³-hybridized carbons (Fsp3) is 0.375. The number of nitrogens with zero attached hydrogens (tertiary/aromatic N) is 2. The number of anilines is 1. The second-order valence-corrected chi connectivity index (χ2v) is 5.66. The van der Waals surface area contributed by atoms with Crippen molar-refractivity contribution in [1.29, 1.82) is 0 Å². The Balaban J connectivity index is 2.25. The number of aliphatic hydroxyl groups is 1. The number of nitrogens with one attached hydrogen (secondary N) is 1. The van der Waals surface area contributed by atoms with Crippen LogP contribution in [0.5, 0.6) is 0 Å². The lowest BCUT2D eigenvalue weighted by Gasteiger charge is -2.06. The van der Waals surface area contributed by atoms with Crippen LogP contribution in [-0.4, -0.2) is 20.8 Å². The first-order chi connectivity index (χ1) is 10.9.